The largest absolute Gasteiger partial charge is 0.247 e. The molecule has 246 valence electrons. The van der Waals surface area contributed by atoms with Gasteiger partial charge < -0.3 is 0 Å². The molecule has 0 radical (unpaired) electrons. The summed E-state index contributed by atoms with van der Waals surface area (Å²) in [6.45, 7) is 0. The summed E-state index contributed by atoms with van der Waals surface area (Å²) in [5, 5.41) is 11.1. The second kappa shape index (κ2) is 11.9. The van der Waals surface area contributed by atoms with Crippen LogP contribution in [0.3, 0.4) is 0 Å². The molecule has 0 aliphatic heterocycles. The summed E-state index contributed by atoms with van der Waals surface area (Å²) < 4.78 is 2.50. The van der Waals surface area contributed by atoms with Crippen molar-refractivity contribution in [1.82, 2.24) is 15.0 Å². The predicted molar refractivity (Wildman–Crippen MR) is 224 cm³/mol. The van der Waals surface area contributed by atoms with Gasteiger partial charge in [0.1, 0.15) is 0 Å². The van der Waals surface area contributed by atoms with Crippen molar-refractivity contribution in [3.8, 4) is 45.2 Å². The summed E-state index contributed by atoms with van der Waals surface area (Å²) >= 11 is 1.84. The molecule has 0 fully saturated rings. The van der Waals surface area contributed by atoms with Gasteiger partial charge >= 0.3 is 0 Å². The molecular weight excluding hydrogens is 663 g/mol. The lowest BCUT2D eigenvalue weighted by molar-refractivity contribution is 1.18. The second-order valence-electron chi connectivity index (χ2n) is 13.5. The van der Waals surface area contributed by atoms with Crippen LogP contribution in [-0.2, 0) is 0 Å². The average Bonchev–Trinajstić information content (AvgIpc) is 3.64. The monoisotopic (exact) mass is 691 g/mol. The Morgan fingerprint density at radius 1 is 0.340 bits per heavy atom. The SMILES string of the molecule is c1ccc(-c2cc(-c3ccccc3)nc(-c3ccc4c(c3)nc(-c3ccc5c6ccccc6c6ccccc6c5c3)c3c5ccccc5sc43)n2)cc1. The Hall–Kier alpha value is -6.75. The average molecular weight is 692 g/mol. The van der Waals surface area contributed by atoms with E-state index in [1.165, 1.54) is 52.5 Å². The predicted octanol–water partition coefficient (Wildman–Crippen LogP) is 13.5. The van der Waals surface area contributed by atoms with E-state index in [0.717, 1.165) is 50.2 Å². The van der Waals surface area contributed by atoms with E-state index in [-0.39, 0.29) is 0 Å². The highest BCUT2D eigenvalue weighted by Crippen LogP contribution is 2.45. The van der Waals surface area contributed by atoms with Crippen LogP contribution in [0.1, 0.15) is 0 Å². The third kappa shape index (κ3) is 4.84. The topological polar surface area (TPSA) is 38.7 Å². The van der Waals surface area contributed by atoms with Crippen LogP contribution in [-0.4, -0.2) is 15.0 Å². The molecule has 0 aliphatic rings. The first-order chi connectivity index (χ1) is 26.3. The van der Waals surface area contributed by atoms with E-state index in [9.17, 15) is 0 Å². The van der Waals surface area contributed by atoms with Gasteiger partial charge in [0.2, 0.25) is 0 Å². The molecule has 3 heterocycles. The lowest BCUT2D eigenvalue weighted by atomic mass is 9.92. The van der Waals surface area contributed by atoms with Gasteiger partial charge in [0.05, 0.1) is 22.6 Å². The maximum absolute atomic E-state index is 5.54. The molecule has 0 atom stereocenters. The molecule has 0 amide bonds. The Kier molecular flexibility index (Phi) is 6.73. The smallest absolute Gasteiger partial charge is 0.160 e. The molecule has 0 unspecified atom stereocenters. The number of thiophene rings is 1. The van der Waals surface area contributed by atoms with Crippen molar-refractivity contribution in [2.75, 3.05) is 0 Å². The van der Waals surface area contributed by atoms with Crippen LogP contribution in [0.4, 0.5) is 0 Å². The Morgan fingerprint density at radius 3 is 1.49 bits per heavy atom. The molecule has 11 aromatic rings. The van der Waals surface area contributed by atoms with E-state index in [1.807, 2.05) is 23.5 Å². The number of pyridine rings is 1. The van der Waals surface area contributed by atoms with Gasteiger partial charge in [-0.05, 0) is 56.6 Å². The number of benzene rings is 8. The van der Waals surface area contributed by atoms with Gasteiger partial charge in [0.25, 0.3) is 0 Å². The zero-order valence-corrected chi connectivity index (χ0v) is 29.3. The fraction of sp³-hybridized carbons (Fsp3) is 0. The van der Waals surface area contributed by atoms with Crippen molar-refractivity contribution < 1.29 is 0 Å². The van der Waals surface area contributed by atoms with Crippen molar-refractivity contribution in [1.29, 1.82) is 0 Å². The van der Waals surface area contributed by atoms with Crippen LogP contribution in [0.15, 0.2) is 176 Å². The summed E-state index contributed by atoms with van der Waals surface area (Å²) in [7, 11) is 0. The van der Waals surface area contributed by atoms with Crippen LogP contribution in [0.5, 0.6) is 0 Å². The van der Waals surface area contributed by atoms with Crippen LogP contribution in [0, 0.1) is 0 Å². The summed E-state index contributed by atoms with van der Waals surface area (Å²) in [6, 6.07) is 62.4. The summed E-state index contributed by atoms with van der Waals surface area (Å²) in [5.74, 6) is 0.677. The van der Waals surface area contributed by atoms with Gasteiger partial charge in [-0.15, -0.1) is 11.3 Å². The van der Waals surface area contributed by atoms with Gasteiger partial charge in [0, 0.05) is 47.8 Å². The molecule has 0 aliphatic carbocycles. The summed E-state index contributed by atoms with van der Waals surface area (Å²) in [6.07, 6.45) is 0. The minimum absolute atomic E-state index is 0.677. The quantitative estimate of drug-likeness (QED) is 0.172. The molecule has 3 aromatic heterocycles. The van der Waals surface area contributed by atoms with Gasteiger partial charge in [-0.3, -0.25) is 0 Å². The van der Waals surface area contributed by atoms with Crippen LogP contribution in [0.25, 0.3) is 109 Å². The van der Waals surface area contributed by atoms with Gasteiger partial charge in [-0.1, -0.05) is 152 Å². The maximum atomic E-state index is 5.54. The molecule has 0 saturated carbocycles. The first kappa shape index (κ1) is 29.9. The van der Waals surface area contributed by atoms with Crippen LogP contribution in [0.2, 0.25) is 0 Å². The fourth-order valence-electron chi connectivity index (χ4n) is 7.96. The lowest BCUT2D eigenvalue weighted by Gasteiger charge is -2.13. The highest BCUT2D eigenvalue weighted by atomic mass is 32.1. The number of fused-ring (bicyclic) bond motifs is 11. The van der Waals surface area contributed by atoms with Crippen molar-refractivity contribution in [3.05, 3.63) is 176 Å². The molecule has 3 nitrogen and oxygen atoms in total. The zero-order valence-electron chi connectivity index (χ0n) is 28.5. The Morgan fingerprint density at radius 2 is 0.849 bits per heavy atom. The minimum atomic E-state index is 0.677. The minimum Gasteiger partial charge on any atom is -0.247 e. The lowest BCUT2D eigenvalue weighted by Crippen LogP contribution is -1.96. The number of nitrogens with zero attached hydrogens (tertiary/aromatic N) is 3. The van der Waals surface area contributed by atoms with Crippen molar-refractivity contribution >= 4 is 74.7 Å². The van der Waals surface area contributed by atoms with Crippen LogP contribution >= 0.6 is 11.3 Å². The van der Waals surface area contributed by atoms with E-state index >= 15 is 0 Å². The van der Waals surface area contributed by atoms with Crippen molar-refractivity contribution in [3.63, 3.8) is 0 Å². The van der Waals surface area contributed by atoms with E-state index in [0.29, 0.717) is 5.82 Å². The highest BCUT2D eigenvalue weighted by Gasteiger charge is 2.19. The third-order valence-electron chi connectivity index (χ3n) is 10.4. The standard InChI is InChI=1S/C49H29N3S/c1-3-13-30(14-4-1)42-29-43(31-15-5-2-6-16-31)52-49(51-42)33-24-26-39-44(28-33)50-47(46-40-21-11-12-22-45(40)53-48(39)46)32-23-25-38-36-19-8-7-17-34(36)35-18-9-10-20-37(35)41(38)27-32/h1-29H. The summed E-state index contributed by atoms with van der Waals surface area (Å²) in [4.78, 5) is 15.8. The van der Waals surface area contributed by atoms with Crippen molar-refractivity contribution in [2.45, 2.75) is 0 Å². The van der Waals surface area contributed by atoms with Crippen molar-refractivity contribution in [2.24, 2.45) is 0 Å². The fourth-order valence-corrected chi connectivity index (χ4v) is 9.19. The number of aromatic nitrogens is 3. The van der Waals surface area contributed by atoms with Gasteiger partial charge in [-0.25, -0.2) is 15.0 Å². The Labute approximate surface area is 309 Å². The Balaban J connectivity index is 1.17. The van der Waals surface area contributed by atoms with Gasteiger partial charge in [0.15, 0.2) is 5.82 Å². The molecule has 0 bridgehead atoms. The van der Waals surface area contributed by atoms with Gasteiger partial charge in [-0.2, -0.15) is 0 Å². The molecular formula is C49H29N3S. The number of rotatable bonds is 4. The van der Waals surface area contributed by atoms with E-state index in [1.54, 1.807) is 0 Å². The Bertz CT molecular complexity index is 3130. The normalized spacial score (nSPS) is 11.8. The number of hydrogen-bond donors (Lipinski definition) is 0. The molecule has 0 N–H and O–H groups in total. The molecule has 11 rings (SSSR count). The highest BCUT2D eigenvalue weighted by molar-refractivity contribution is 7.26. The zero-order chi connectivity index (χ0) is 34.9. The first-order valence-corrected chi connectivity index (χ1v) is 18.7. The van der Waals surface area contributed by atoms with E-state index in [2.05, 4.69) is 164 Å². The molecule has 8 aromatic carbocycles. The molecule has 0 spiro atoms. The third-order valence-corrected chi connectivity index (χ3v) is 11.7. The molecule has 0 saturated heterocycles. The maximum Gasteiger partial charge on any atom is 0.160 e. The second-order valence-corrected chi connectivity index (χ2v) is 14.6. The number of hydrogen-bond acceptors (Lipinski definition) is 4. The van der Waals surface area contributed by atoms with Crippen LogP contribution < -0.4 is 0 Å². The van der Waals surface area contributed by atoms with E-state index < -0.39 is 0 Å². The van der Waals surface area contributed by atoms with E-state index in [4.69, 9.17) is 15.0 Å². The summed E-state index contributed by atoms with van der Waals surface area (Å²) in [5.41, 5.74) is 7.84. The molecule has 53 heavy (non-hydrogen) atoms. The molecule has 4 heteroatoms. The first-order valence-electron chi connectivity index (χ1n) is 17.9.